The SMILES string of the molecule is C=C(C)C(=O)OCC(C)[Si](OC)(OC)OC. The van der Waals surface area contributed by atoms with E-state index in [1.165, 1.54) is 21.3 Å². The summed E-state index contributed by atoms with van der Waals surface area (Å²) >= 11 is 0. The van der Waals surface area contributed by atoms with Crippen molar-refractivity contribution in [2.24, 2.45) is 0 Å². The molecule has 0 fully saturated rings. The Balaban J connectivity index is 4.37. The van der Waals surface area contributed by atoms with E-state index >= 15 is 0 Å². The monoisotopic (exact) mass is 248 g/mol. The molecule has 94 valence electrons. The molecule has 0 radical (unpaired) electrons. The van der Waals surface area contributed by atoms with Crippen LogP contribution >= 0.6 is 0 Å². The lowest BCUT2D eigenvalue weighted by Gasteiger charge is -2.29. The normalized spacial score (nSPS) is 13.3. The van der Waals surface area contributed by atoms with E-state index in [9.17, 15) is 4.79 Å². The van der Waals surface area contributed by atoms with Gasteiger partial charge >= 0.3 is 14.8 Å². The van der Waals surface area contributed by atoms with Gasteiger partial charge in [-0.1, -0.05) is 13.5 Å². The Bertz CT molecular complexity index is 241. The lowest BCUT2D eigenvalue weighted by Crippen LogP contribution is -2.48. The number of hydrogen-bond acceptors (Lipinski definition) is 5. The first-order chi connectivity index (χ1) is 7.43. The summed E-state index contributed by atoms with van der Waals surface area (Å²) in [5, 5.41) is 0. The Morgan fingerprint density at radius 3 is 2.00 bits per heavy atom. The van der Waals surface area contributed by atoms with Gasteiger partial charge in [-0.05, 0) is 6.92 Å². The van der Waals surface area contributed by atoms with Gasteiger partial charge in [0.15, 0.2) is 0 Å². The third-order valence-electron chi connectivity index (χ3n) is 2.27. The molecule has 5 nitrogen and oxygen atoms in total. The minimum absolute atomic E-state index is 0.129. The zero-order chi connectivity index (χ0) is 12.8. The molecular weight excluding hydrogens is 228 g/mol. The van der Waals surface area contributed by atoms with E-state index in [1.807, 2.05) is 6.92 Å². The van der Waals surface area contributed by atoms with E-state index in [0.29, 0.717) is 5.57 Å². The van der Waals surface area contributed by atoms with Gasteiger partial charge in [-0.15, -0.1) is 0 Å². The first kappa shape index (κ1) is 15.3. The summed E-state index contributed by atoms with van der Waals surface area (Å²) in [4.78, 5) is 11.2. The van der Waals surface area contributed by atoms with Crippen LogP contribution in [-0.2, 0) is 22.8 Å². The Hall–Kier alpha value is -0.693. The zero-order valence-electron chi connectivity index (χ0n) is 10.5. The second-order valence-corrected chi connectivity index (χ2v) is 6.91. The van der Waals surface area contributed by atoms with Gasteiger partial charge in [-0.3, -0.25) is 0 Å². The molecule has 6 heteroatoms. The second kappa shape index (κ2) is 6.80. The summed E-state index contributed by atoms with van der Waals surface area (Å²) in [6.07, 6.45) is 0. The van der Waals surface area contributed by atoms with Gasteiger partial charge in [-0.25, -0.2) is 4.79 Å². The standard InChI is InChI=1S/C10H20O5Si/c1-8(2)10(11)15-7-9(3)16(12-4,13-5)14-6/h9H,1,7H2,2-6H3. The third kappa shape index (κ3) is 3.71. The van der Waals surface area contributed by atoms with Crippen LogP contribution in [0.4, 0.5) is 0 Å². The first-order valence-corrected chi connectivity index (χ1v) is 6.71. The molecule has 0 aromatic rings. The van der Waals surface area contributed by atoms with Crippen LogP contribution < -0.4 is 0 Å². The molecule has 0 N–H and O–H groups in total. The second-order valence-electron chi connectivity index (χ2n) is 3.50. The number of rotatable bonds is 7. The maximum atomic E-state index is 11.2. The summed E-state index contributed by atoms with van der Waals surface area (Å²) in [7, 11) is 1.84. The van der Waals surface area contributed by atoms with Crippen LogP contribution in [0, 0.1) is 0 Å². The van der Waals surface area contributed by atoms with Crippen molar-refractivity contribution < 1.29 is 22.8 Å². The predicted molar refractivity (Wildman–Crippen MR) is 62.0 cm³/mol. The van der Waals surface area contributed by atoms with Gasteiger partial charge in [0, 0.05) is 26.9 Å². The molecule has 0 saturated carbocycles. The molecule has 0 aromatic heterocycles. The highest BCUT2D eigenvalue weighted by Crippen LogP contribution is 2.23. The van der Waals surface area contributed by atoms with E-state index in [0.717, 1.165) is 0 Å². The molecule has 0 amide bonds. The molecule has 1 atom stereocenters. The Morgan fingerprint density at radius 1 is 1.25 bits per heavy atom. The van der Waals surface area contributed by atoms with E-state index in [1.54, 1.807) is 6.92 Å². The fourth-order valence-electron chi connectivity index (χ4n) is 1.28. The van der Waals surface area contributed by atoms with Crippen molar-refractivity contribution in [1.29, 1.82) is 0 Å². The van der Waals surface area contributed by atoms with Crippen molar-refractivity contribution in [3.63, 3.8) is 0 Å². The summed E-state index contributed by atoms with van der Waals surface area (Å²) in [6.45, 7) is 7.14. The Kier molecular flexibility index (Phi) is 6.50. The van der Waals surface area contributed by atoms with Crippen LogP contribution in [0.3, 0.4) is 0 Å². The van der Waals surface area contributed by atoms with E-state index in [-0.39, 0.29) is 12.1 Å². The van der Waals surface area contributed by atoms with Gasteiger partial charge in [-0.2, -0.15) is 0 Å². The molecule has 0 aliphatic heterocycles. The van der Waals surface area contributed by atoms with Crippen molar-refractivity contribution in [2.45, 2.75) is 19.4 Å². The summed E-state index contributed by atoms with van der Waals surface area (Å²) in [5.41, 5.74) is 0.238. The van der Waals surface area contributed by atoms with Gasteiger partial charge < -0.3 is 18.0 Å². The van der Waals surface area contributed by atoms with Crippen LogP contribution in [0.1, 0.15) is 13.8 Å². The van der Waals surface area contributed by atoms with E-state index in [4.69, 9.17) is 18.0 Å². The van der Waals surface area contributed by atoms with Crippen molar-refractivity contribution in [1.82, 2.24) is 0 Å². The average molecular weight is 248 g/mol. The quantitative estimate of drug-likeness (QED) is 0.387. The van der Waals surface area contributed by atoms with Crippen molar-refractivity contribution in [3.8, 4) is 0 Å². The fourth-order valence-corrected chi connectivity index (χ4v) is 3.27. The molecule has 0 aliphatic carbocycles. The number of esters is 1. The largest absolute Gasteiger partial charge is 0.506 e. The van der Waals surface area contributed by atoms with Crippen LogP contribution in [0.15, 0.2) is 12.2 Å². The van der Waals surface area contributed by atoms with Crippen LogP contribution in [0.5, 0.6) is 0 Å². The third-order valence-corrected chi connectivity index (χ3v) is 5.35. The fraction of sp³-hybridized carbons (Fsp3) is 0.700. The maximum absolute atomic E-state index is 11.2. The predicted octanol–water partition coefficient (Wildman–Crippen LogP) is 1.37. The Morgan fingerprint density at radius 2 is 1.69 bits per heavy atom. The van der Waals surface area contributed by atoms with Gasteiger partial charge in [0.05, 0.1) is 12.1 Å². The maximum Gasteiger partial charge on any atom is 0.506 e. The minimum Gasteiger partial charge on any atom is -0.462 e. The number of hydrogen-bond donors (Lipinski definition) is 0. The van der Waals surface area contributed by atoms with Gasteiger partial charge in [0.1, 0.15) is 0 Å². The molecule has 0 heterocycles. The van der Waals surface area contributed by atoms with Crippen LogP contribution in [0.25, 0.3) is 0 Å². The highest BCUT2D eigenvalue weighted by Gasteiger charge is 2.45. The molecule has 16 heavy (non-hydrogen) atoms. The smallest absolute Gasteiger partial charge is 0.462 e. The molecule has 0 rings (SSSR count). The topological polar surface area (TPSA) is 54.0 Å². The number of carbonyl (C=O) groups is 1. The zero-order valence-corrected chi connectivity index (χ0v) is 11.5. The number of ether oxygens (including phenoxy) is 1. The lowest BCUT2D eigenvalue weighted by atomic mass is 10.4. The van der Waals surface area contributed by atoms with Crippen molar-refractivity contribution in [3.05, 3.63) is 12.2 Å². The number of carbonyl (C=O) groups excluding carboxylic acids is 1. The molecule has 0 aromatic carbocycles. The first-order valence-electron chi connectivity index (χ1n) is 4.91. The van der Waals surface area contributed by atoms with Crippen molar-refractivity contribution in [2.75, 3.05) is 27.9 Å². The van der Waals surface area contributed by atoms with Crippen molar-refractivity contribution >= 4 is 14.8 Å². The molecular formula is C10H20O5Si. The molecule has 1 unspecified atom stereocenters. The van der Waals surface area contributed by atoms with E-state index in [2.05, 4.69) is 6.58 Å². The highest BCUT2D eigenvalue weighted by molar-refractivity contribution is 6.62. The lowest BCUT2D eigenvalue weighted by molar-refractivity contribution is -0.139. The molecule has 0 saturated heterocycles. The minimum atomic E-state index is -2.73. The van der Waals surface area contributed by atoms with Crippen LogP contribution in [0.2, 0.25) is 5.54 Å². The summed E-state index contributed by atoms with van der Waals surface area (Å²) < 4.78 is 20.8. The summed E-state index contributed by atoms with van der Waals surface area (Å²) in [6, 6.07) is 0. The molecule has 0 bridgehead atoms. The molecule has 0 spiro atoms. The highest BCUT2D eigenvalue weighted by atomic mass is 28.4. The van der Waals surface area contributed by atoms with Gasteiger partial charge in [0.25, 0.3) is 0 Å². The van der Waals surface area contributed by atoms with Gasteiger partial charge in [0.2, 0.25) is 0 Å². The molecule has 0 aliphatic rings. The summed E-state index contributed by atoms with van der Waals surface area (Å²) in [5.74, 6) is -0.418. The Labute approximate surface area is 97.7 Å². The van der Waals surface area contributed by atoms with Crippen LogP contribution in [-0.4, -0.2) is 42.7 Å². The average Bonchev–Trinajstić information content (AvgIpc) is 2.28. The van der Waals surface area contributed by atoms with E-state index < -0.39 is 14.8 Å².